The van der Waals surface area contributed by atoms with Crippen molar-refractivity contribution in [1.82, 2.24) is 0 Å². The molecule has 0 aromatic carbocycles. The van der Waals surface area contributed by atoms with Gasteiger partial charge < -0.3 is 19.1 Å². The van der Waals surface area contributed by atoms with Crippen molar-refractivity contribution in [3.63, 3.8) is 0 Å². The number of fused-ring (bicyclic) bond motifs is 7. The summed E-state index contributed by atoms with van der Waals surface area (Å²) in [6.07, 6.45) is 3.13. The molecule has 9 nitrogen and oxygen atoms in total. The number of alkyl halides is 1. The van der Waals surface area contributed by atoms with Crippen LogP contribution in [0.4, 0.5) is 4.39 Å². The molecule has 4 fully saturated rings. The Bertz CT molecular complexity index is 1140. The van der Waals surface area contributed by atoms with Crippen molar-refractivity contribution in [2.75, 3.05) is 13.2 Å². The lowest BCUT2D eigenvalue weighted by atomic mass is 9.45. The molecule has 0 aromatic rings. The number of allylic oxidation sites excluding steroid dienone is 4. The van der Waals surface area contributed by atoms with E-state index in [1.807, 2.05) is 0 Å². The largest absolute Gasteiger partial charge is 0.532 e. The van der Waals surface area contributed by atoms with Crippen LogP contribution in [-0.4, -0.2) is 59.3 Å². The molecule has 4 aliphatic carbocycles. The van der Waals surface area contributed by atoms with Gasteiger partial charge in [-0.3, -0.25) is 13.8 Å². The molecule has 5 rings (SSSR count). The first-order chi connectivity index (χ1) is 17.6. The second-order valence-corrected chi connectivity index (χ2v) is 13.6. The minimum Gasteiger partial charge on any atom is -0.390 e. The Balaban J connectivity index is 1.59. The Hall–Kier alpha value is -1.42. The Morgan fingerprint density at radius 1 is 1.18 bits per heavy atom. The number of phosphoric ester groups is 1. The number of phosphoric acid groups is 1. The average molecular weight is 557 g/mol. The molecule has 38 heavy (non-hydrogen) atoms. The zero-order chi connectivity index (χ0) is 27.9. The number of hydrogen-bond acceptors (Lipinski definition) is 9. The smallest absolute Gasteiger partial charge is 0.390 e. The Morgan fingerprint density at radius 2 is 1.84 bits per heavy atom. The lowest BCUT2D eigenvalue weighted by Gasteiger charge is -2.62. The quantitative estimate of drug-likeness (QED) is 0.469. The molecule has 1 N–H and O–H groups in total. The zero-order valence-corrected chi connectivity index (χ0v) is 23.7. The van der Waals surface area contributed by atoms with Crippen LogP contribution < -0.4 is 0 Å². The molecule has 0 aromatic heterocycles. The highest BCUT2D eigenvalue weighted by atomic mass is 31.2. The average Bonchev–Trinajstić information content (AvgIpc) is 3.22. The highest BCUT2D eigenvalue weighted by molar-refractivity contribution is 7.49. The van der Waals surface area contributed by atoms with E-state index in [4.69, 9.17) is 23.0 Å². The number of rotatable bonds is 6. The summed E-state index contributed by atoms with van der Waals surface area (Å²) in [7, 11) is -4.27. The van der Waals surface area contributed by atoms with Crippen molar-refractivity contribution in [3.8, 4) is 0 Å². The highest BCUT2D eigenvalue weighted by Gasteiger charge is 2.81. The number of carbonyl (C=O) groups is 2. The molecule has 0 bridgehead atoms. The molecule has 212 valence electrons. The molecule has 8 atom stereocenters. The molecular weight excluding hydrogens is 518 g/mol. The highest BCUT2D eigenvalue weighted by Crippen LogP contribution is 2.73. The number of aliphatic hydroxyl groups excluding tert-OH is 1. The summed E-state index contributed by atoms with van der Waals surface area (Å²) in [6.45, 7) is 10.0. The Kier molecular flexibility index (Phi) is 6.50. The normalized spacial score (nSPS) is 45.1. The van der Waals surface area contributed by atoms with Crippen molar-refractivity contribution in [2.24, 2.45) is 22.7 Å². The van der Waals surface area contributed by atoms with Crippen LogP contribution in [0.5, 0.6) is 0 Å². The summed E-state index contributed by atoms with van der Waals surface area (Å²) < 4.78 is 59.2. The minimum absolute atomic E-state index is 0.0145. The van der Waals surface area contributed by atoms with Crippen LogP contribution in [-0.2, 0) is 37.2 Å². The second kappa shape index (κ2) is 8.79. The van der Waals surface area contributed by atoms with Crippen molar-refractivity contribution < 1.29 is 46.7 Å². The number of aliphatic hydroxyl groups is 1. The number of ketones is 1. The maximum atomic E-state index is 17.5. The van der Waals surface area contributed by atoms with Gasteiger partial charge in [0.2, 0.25) is 5.60 Å². The van der Waals surface area contributed by atoms with Crippen LogP contribution in [0.1, 0.15) is 67.2 Å². The molecule has 1 aliphatic heterocycles. The fraction of sp³-hybridized carbons (Fsp3) is 0.778. The lowest BCUT2D eigenvalue weighted by Crippen LogP contribution is -2.69. The van der Waals surface area contributed by atoms with Gasteiger partial charge in [-0.1, -0.05) is 18.6 Å². The number of halogens is 1. The third kappa shape index (κ3) is 3.57. The first kappa shape index (κ1) is 28.1. The van der Waals surface area contributed by atoms with Crippen molar-refractivity contribution in [3.05, 3.63) is 23.8 Å². The monoisotopic (exact) mass is 556 g/mol. The molecule has 11 heteroatoms. The van der Waals surface area contributed by atoms with Crippen LogP contribution >= 0.6 is 7.82 Å². The van der Waals surface area contributed by atoms with Gasteiger partial charge in [0, 0.05) is 16.7 Å². The van der Waals surface area contributed by atoms with Crippen LogP contribution in [0, 0.1) is 22.7 Å². The van der Waals surface area contributed by atoms with Gasteiger partial charge in [0.15, 0.2) is 17.2 Å². The standard InChI is InChI=1S/C27H38FO9P/c1-7-33-38(32,34-8-2)36-22(31)27-21(35-23(3,4)37-27)14-19-18-10-9-16-13-17(29)11-12-24(16,5)26(18,28)20(30)15-25(19,27)6/h11-13,18-21,30H,7-10,14-15H2,1-6H3/t18-,19-,20-,21+,24-,25-,26-,27-/m0/s1. The van der Waals surface area contributed by atoms with Gasteiger partial charge in [0.25, 0.3) is 0 Å². The van der Waals surface area contributed by atoms with E-state index in [1.165, 1.54) is 12.2 Å². The summed E-state index contributed by atoms with van der Waals surface area (Å²) in [4.78, 5) is 26.1. The molecule has 3 saturated carbocycles. The number of ether oxygens (including phenoxy) is 2. The topological polar surface area (TPSA) is 118 Å². The molecule has 1 saturated heterocycles. The van der Waals surface area contributed by atoms with E-state index in [9.17, 15) is 19.3 Å². The van der Waals surface area contributed by atoms with E-state index >= 15 is 4.39 Å². The number of carbonyl (C=O) groups excluding carboxylic acids is 2. The van der Waals surface area contributed by atoms with Crippen molar-refractivity contribution in [2.45, 2.75) is 96.5 Å². The molecule has 0 spiro atoms. The summed E-state index contributed by atoms with van der Waals surface area (Å²) in [5, 5.41) is 11.6. The van der Waals surface area contributed by atoms with Gasteiger partial charge in [-0.15, -0.1) is 0 Å². The Labute approximate surface area is 222 Å². The molecule has 5 aliphatic rings. The van der Waals surface area contributed by atoms with Gasteiger partial charge in [-0.25, -0.2) is 13.8 Å². The van der Waals surface area contributed by atoms with E-state index in [2.05, 4.69) is 0 Å². The van der Waals surface area contributed by atoms with E-state index in [-0.39, 0.29) is 31.8 Å². The SMILES string of the molecule is CCOP(=O)(OCC)OC(=O)[C@@]12OC(C)(C)O[C@@H]1C[C@H]1[C@@H]3CCC4=CC(=O)C=C[C@]4(C)[C@@]3(F)[C@@H](O)C[C@@]12C. The van der Waals surface area contributed by atoms with E-state index in [0.29, 0.717) is 18.4 Å². The van der Waals surface area contributed by atoms with Crippen molar-refractivity contribution >= 4 is 19.6 Å². The summed E-state index contributed by atoms with van der Waals surface area (Å²) in [5.41, 5.74) is -5.48. The molecule has 0 amide bonds. The van der Waals surface area contributed by atoms with E-state index in [1.54, 1.807) is 47.6 Å². The van der Waals surface area contributed by atoms with Crippen LogP contribution in [0.15, 0.2) is 23.8 Å². The maximum Gasteiger partial charge on any atom is 0.532 e. The molecule has 0 radical (unpaired) electrons. The minimum atomic E-state index is -4.27. The Morgan fingerprint density at radius 3 is 2.47 bits per heavy atom. The van der Waals surface area contributed by atoms with Crippen LogP contribution in [0.25, 0.3) is 0 Å². The van der Waals surface area contributed by atoms with Crippen LogP contribution in [0.3, 0.4) is 0 Å². The fourth-order valence-corrected chi connectivity index (χ4v) is 9.39. The third-order valence-corrected chi connectivity index (χ3v) is 11.2. The first-order valence-electron chi connectivity index (χ1n) is 13.4. The third-order valence-electron chi connectivity index (χ3n) is 9.71. The maximum absolute atomic E-state index is 17.5. The van der Waals surface area contributed by atoms with Gasteiger partial charge in [-0.2, -0.15) is 0 Å². The second-order valence-electron chi connectivity index (χ2n) is 12.0. The van der Waals surface area contributed by atoms with Crippen molar-refractivity contribution in [1.29, 1.82) is 0 Å². The van der Waals surface area contributed by atoms with Gasteiger partial charge in [0.05, 0.1) is 19.3 Å². The predicted molar refractivity (Wildman–Crippen MR) is 133 cm³/mol. The number of hydrogen-bond donors (Lipinski definition) is 1. The molecule has 0 unspecified atom stereocenters. The predicted octanol–water partition coefficient (Wildman–Crippen LogP) is 4.58. The van der Waals surface area contributed by atoms with E-state index in [0.717, 1.165) is 0 Å². The van der Waals surface area contributed by atoms with Crippen LogP contribution in [0.2, 0.25) is 0 Å². The fourth-order valence-electron chi connectivity index (χ4n) is 8.24. The van der Waals surface area contributed by atoms with Gasteiger partial charge in [-0.05, 0) is 78.4 Å². The van der Waals surface area contributed by atoms with E-state index < -0.39 is 65.7 Å². The molecule has 1 heterocycles. The van der Waals surface area contributed by atoms with Gasteiger partial charge >= 0.3 is 13.8 Å². The van der Waals surface area contributed by atoms with Gasteiger partial charge in [0.1, 0.15) is 6.10 Å². The summed E-state index contributed by atoms with van der Waals surface area (Å²) >= 11 is 0. The lowest BCUT2D eigenvalue weighted by molar-refractivity contribution is -0.250. The molecular formula is C27H38FO9P. The summed E-state index contributed by atoms with van der Waals surface area (Å²) in [5.74, 6) is -3.44. The summed E-state index contributed by atoms with van der Waals surface area (Å²) in [6, 6.07) is 0. The first-order valence-corrected chi connectivity index (χ1v) is 14.9. The zero-order valence-electron chi connectivity index (χ0n) is 22.8.